The van der Waals surface area contributed by atoms with Crippen LogP contribution in [0.15, 0.2) is 42.5 Å². The average Bonchev–Trinajstić information content (AvgIpc) is 2.42. The van der Waals surface area contributed by atoms with Crippen molar-refractivity contribution in [2.24, 2.45) is 5.73 Å². The topological polar surface area (TPSA) is 35.2 Å². The first kappa shape index (κ1) is 15.7. The first-order chi connectivity index (χ1) is 9.90. The van der Waals surface area contributed by atoms with Gasteiger partial charge in [-0.05, 0) is 54.9 Å². The van der Waals surface area contributed by atoms with E-state index in [-0.39, 0.29) is 18.0 Å². The molecule has 0 aliphatic rings. The Morgan fingerprint density at radius 2 is 1.71 bits per heavy atom. The molecule has 21 heavy (non-hydrogen) atoms. The van der Waals surface area contributed by atoms with Gasteiger partial charge in [-0.25, -0.2) is 0 Å². The molecule has 0 heterocycles. The van der Waals surface area contributed by atoms with Crippen molar-refractivity contribution in [2.75, 3.05) is 6.54 Å². The van der Waals surface area contributed by atoms with Gasteiger partial charge < -0.3 is 10.5 Å². The molecule has 0 radical (unpaired) electrons. The Labute approximate surface area is 125 Å². The highest BCUT2D eigenvalue weighted by atomic mass is 35.5. The minimum Gasteiger partial charge on any atom is -0.457 e. The summed E-state index contributed by atoms with van der Waals surface area (Å²) >= 11 is 5.73. The molecule has 0 bridgehead atoms. The molecule has 2 N–H and O–H groups in total. The summed E-state index contributed by atoms with van der Waals surface area (Å²) in [4.78, 5) is 0. The molecule has 0 saturated heterocycles. The Morgan fingerprint density at radius 1 is 1.05 bits per heavy atom. The molecule has 2 aromatic rings. The van der Waals surface area contributed by atoms with E-state index in [0.29, 0.717) is 17.0 Å². The van der Waals surface area contributed by atoms with Crippen molar-refractivity contribution in [3.05, 3.63) is 58.6 Å². The van der Waals surface area contributed by atoms with Crippen LogP contribution in [0.5, 0.6) is 11.5 Å². The molecule has 0 atom stereocenters. The van der Waals surface area contributed by atoms with Gasteiger partial charge in [0.1, 0.15) is 11.5 Å². The molecule has 112 valence electrons. The lowest BCUT2D eigenvalue weighted by Gasteiger charge is -2.15. The monoisotopic (exact) mass is 315 g/mol. The van der Waals surface area contributed by atoms with Gasteiger partial charge in [-0.15, -0.1) is 0 Å². The van der Waals surface area contributed by atoms with E-state index in [0.717, 1.165) is 6.07 Å². The fourth-order valence-electron chi connectivity index (χ4n) is 1.84. The lowest BCUT2D eigenvalue weighted by atomic mass is 10.1. The maximum Gasteiger partial charge on any atom is 0.419 e. The van der Waals surface area contributed by atoms with Crippen LogP contribution in [0.3, 0.4) is 0 Å². The highest BCUT2D eigenvalue weighted by Gasteiger charge is 2.34. The highest BCUT2D eigenvalue weighted by molar-refractivity contribution is 6.30. The molecule has 0 aliphatic carbocycles. The molecular formula is C15H13ClF3NO. The summed E-state index contributed by atoms with van der Waals surface area (Å²) in [6.07, 6.45) is -4.11. The van der Waals surface area contributed by atoms with Crippen molar-refractivity contribution in [2.45, 2.75) is 12.6 Å². The smallest absolute Gasteiger partial charge is 0.419 e. The van der Waals surface area contributed by atoms with E-state index in [2.05, 4.69) is 0 Å². The predicted octanol–water partition coefficient (Wildman–Crippen LogP) is 4.65. The Kier molecular flexibility index (Phi) is 4.75. The van der Waals surface area contributed by atoms with Crippen LogP contribution < -0.4 is 10.5 Å². The van der Waals surface area contributed by atoms with Gasteiger partial charge in [0.2, 0.25) is 0 Å². The Hall–Kier alpha value is -1.72. The second kappa shape index (κ2) is 6.37. The van der Waals surface area contributed by atoms with Crippen LogP contribution in [0.25, 0.3) is 0 Å². The Morgan fingerprint density at radius 3 is 2.29 bits per heavy atom. The largest absolute Gasteiger partial charge is 0.457 e. The molecule has 0 aromatic heterocycles. The molecule has 0 amide bonds. The van der Waals surface area contributed by atoms with Crippen LogP contribution >= 0.6 is 11.6 Å². The van der Waals surface area contributed by atoms with Crippen molar-refractivity contribution in [3.8, 4) is 11.5 Å². The summed E-state index contributed by atoms with van der Waals surface area (Å²) in [5.41, 5.74) is 5.08. The van der Waals surface area contributed by atoms with E-state index in [9.17, 15) is 13.2 Å². The average molecular weight is 316 g/mol. The quantitative estimate of drug-likeness (QED) is 0.891. The second-order valence-electron chi connectivity index (χ2n) is 4.42. The minimum absolute atomic E-state index is 0.245. The summed E-state index contributed by atoms with van der Waals surface area (Å²) in [7, 11) is 0. The number of rotatable bonds is 4. The zero-order chi connectivity index (χ0) is 15.5. The van der Waals surface area contributed by atoms with Crippen LogP contribution in [-0.4, -0.2) is 6.54 Å². The Balaban J connectivity index is 2.35. The van der Waals surface area contributed by atoms with E-state index in [1.165, 1.54) is 18.2 Å². The summed E-state index contributed by atoms with van der Waals surface area (Å²) in [5, 5.41) is 0.483. The first-order valence-electron chi connectivity index (χ1n) is 6.24. The van der Waals surface area contributed by atoms with Gasteiger partial charge in [0.15, 0.2) is 0 Å². The molecule has 0 saturated carbocycles. The van der Waals surface area contributed by atoms with Gasteiger partial charge in [-0.1, -0.05) is 17.7 Å². The number of halogens is 4. The van der Waals surface area contributed by atoms with Crippen LogP contribution in [-0.2, 0) is 12.6 Å². The summed E-state index contributed by atoms with van der Waals surface area (Å²) < 4.78 is 44.6. The molecule has 0 aliphatic heterocycles. The van der Waals surface area contributed by atoms with Crippen LogP contribution in [0.2, 0.25) is 5.02 Å². The molecular weight excluding hydrogens is 303 g/mol. The van der Waals surface area contributed by atoms with E-state index in [1.807, 2.05) is 0 Å². The van der Waals surface area contributed by atoms with Gasteiger partial charge in [-0.3, -0.25) is 0 Å². The third-order valence-corrected chi connectivity index (χ3v) is 3.08. The fraction of sp³-hybridized carbons (Fsp3) is 0.200. The molecule has 0 spiro atoms. The van der Waals surface area contributed by atoms with Crippen molar-refractivity contribution in [1.29, 1.82) is 0 Å². The number of hydrogen-bond acceptors (Lipinski definition) is 2. The summed E-state index contributed by atoms with van der Waals surface area (Å²) in [5.74, 6) is 0.0436. The Bertz CT molecular complexity index is 611. The number of benzene rings is 2. The highest BCUT2D eigenvalue weighted by Crippen LogP contribution is 2.38. The maximum atomic E-state index is 13.1. The van der Waals surface area contributed by atoms with E-state index < -0.39 is 11.7 Å². The number of nitrogens with two attached hydrogens (primary N) is 1. The lowest BCUT2D eigenvalue weighted by Crippen LogP contribution is -2.09. The molecule has 2 aromatic carbocycles. The van der Waals surface area contributed by atoms with Gasteiger partial charge in [0.05, 0.1) is 5.56 Å². The maximum absolute atomic E-state index is 13.1. The number of hydrogen-bond donors (Lipinski definition) is 1. The summed E-state index contributed by atoms with van der Waals surface area (Å²) in [6, 6.07) is 10.1. The van der Waals surface area contributed by atoms with Crippen molar-refractivity contribution >= 4 is 11.6 Å². The molecule has 6 heteroatoms. The lowest BCUT2D eigenvalue weighted by molar-refractivity contribution is -0.138. The standard InChI is InChI=1S/C15H13ClF3NO/c16-11-2-4-12(5-3-11)21-14-6-1-10(7-8-20)9-13(14)15(17,18)19/h1-6,9H,7-8,20H2. The normalized spacial score (nSPS) is 11.5. The van der Waals surface area contributed by atoms with Gasteiger partial charge in [0.25, 0.3) is 0 Å². The fourth-order valence-corrected chi connectivity index (χ4v) is 1.97. The van der Waals surface area contributed by atoms with E-state index in [1.54, 1.807) is 18.2 Å². The predicted molar refractivity (Wildman–Crippen MR) is 75.7 cm³/mol. The van der Waals surface area contributed by atoms with E-state index in [4.69, 9.17) is 22.1 Å². The third kappa shape index (κ3) is 4.12. The number of ether oxygens (including phenoxy) is 1. The van der Waals surface area contributed by atoms with Gasteiger partial charge >= 0.3 is 6.18 Å². The number of alkyl halides is 3. The van der Waals surface area contributed by atoms with Gasteiger partial charge in [0, 0.05) is 5.02 Å². The van der Waals surface area contributed by atoms with Crippen molar-refractivity contribution in [3.63, 3.8) is 0 Å². The molecule has 0 unspecified atom stereocenters. The molecule has 2 nitrogen and oxygen atoms in total. The zero-order valence-electron chi connectivity index (χ0n) is 11.0. The van der Waals surface area contributed by atoms with Crippen molar-refractivity contribution in [1.82, 2.24) is 0 Å². The summed E-state index contributed by atoms with van der Waals surface area (Å²) in [6.45, 7) is 0.286. The van der Waals surface area contributed by atoms with Crippen molar-refractivity contribution < 1.29 is 17.9 Å². The minimum atomic E-state index is -4.49. The van der Waals surface area contributed by atoms with E-state index >= 15 is 0 Å². The van der Waals surface area contributed by atoms with Crippen LogP contribution in [0.1, 0.15) is 11.1 Å². The van der Waals surface area contributed by atoms with Gasteiger partial charge in [-0.2, -0.15) is 13.2 Å². The van der Waals surface area contributed by atoms with Crippen LogP contribution in [0, 0.1) is 0 Å². The zero-order valence-corrected chi connectivity index (χ0v) is 11.7. The third-order valence-electron chi connectivity index (χ3n) is 2.82. The molecule has 0 fully saturated rings. The second-order valence-corrected chi connectivity index (χ2v) is 4.86. The van der Waals surface area contributed by atoms with Crippen LogP contribution in [0.4, 0.5) is 13.2 Å². The SMILES string of the molecule is NCCc1ccc(Oc2ccc(Cl)cc2)c(C(F)(F)F)c1. The first-order valence-corrected chi connectivity index (χ1v) is 6.61. The molecule has 2 rings (SSSR count).